The monoisotopic (exact) mass is 379 g/mol. The Balaban J connectivity index is 2.16. The third kappa shape index (κ3) is 3.93. The van der Waals surface area contributed by atoms with Gasteiger partial charge in [-0.05, 0) is 24.1 Å². The molecule has 0 spiro atoms. The molecule has 0 saturated heterocycles. The molecule has 0 aliphatic heterocycles. The number of nitrogens with zero attached hydrogens (tertiary/aromatic N) is 2. The number of nitrogens with one attached hydrogen (secondary N) is 1. The Kier molecular flexibility index (Phi) is 5.84. The number of nitro benzene ring substituents is 1. The summed E-state index contributed by atoms with van der Waals surface area (Å²) in [6.45, 7) is 1.99. The summed E-state index contributed by atoms with van der Waals surface area (Å²) in [6, 6.07) is 12.8. The van der Waals surface area contributed by atoms with Crippen LogP contribution in [0, 0.1) is 10.1 Å². The zero-order valence-electron chi connectivity index (χ0n) is 15.5. The number of phenols is 1. The molecule has 0 fully saturated rings. The number of amides is 1. The van der Waals surface area contributed by atoms with Crippen LogP contribution in [0.25, 0.3) is 10.9 Å². The van der Waals surface area contributed by atoms with Crippen molar-refractivity contribution >= 4 is 22.5 Å². The molecular weight excluding hydrogens is 358 g/mol. The van der Waals surface area contributed by atoms with E-state index in [1.54, 1.807) is 24.3 Å². The van der Waals surface area contributed by atoms with E-state index in [-0.39, 0.29) is 33.8 Å². The Morgan fingerprint density at radius 1 is 1.25 bits per heavy atom. The number of pyridine rings is 1. The van der Waals surface area contributed by atoms with Crippen LogP contribution in [-0.2, 0) is 4.79 Å². The molecule has 1 atom stereocenters. The van der Waals surface area contributed by atoms with Crippen molar-refractivity contribution in [3.8, 4) is 5.75 Å². The maximum absolute atomic E-state index is 12.4. The van der Waals surface area contributed by atoms with Gasteiger partial charge < -0.3 is 10.4 Å². The van der Waals surface area contributed by atoms with E-state index in [2.05, 4.69) is 10.3 Å². The quantitative estimate of drug-likeness (QED) is 0.472. The standard InChI is InChI=1S/C21H21N3O4/c1-2-3-11-18(25)23-19(14-8-5-4-6-9-14)16-13-17(24(27)28)15-10-7-12-22-20(15)21(16)26/h4-10,12-13,19,26H,2-3,11H2,1H3,(H,23,25)/t19-/m1/s1. The van der Waals surface area contributed by atoms with Gasteiger partial charge in [0.05, 0.1) is 16.4 Å². The molecule has 2 N–H and O–H groups in total. The minimum absolute atomic E-state index is 0.135. The fraction of sp³-hybridized carbons (Fsp3) is 0.238. The summed E-state index contributed by atoms with van der Waals surface area (Å²) in [7, 11) is 0. The zero-order valence-corrected chi connectivity index (χ0v) is 15.5. The molecule has 0 unspecified atom stereocenters. The maximum atomic E-state index is 12.4. The van der Waals surface area contributed by atoms with Crippen LogP contribution < -0.4 is 5.32 Å². The lowest BCUT2D eigenvalue weighted by molar-refractivity contribution is -0.383. The summed E-state index contributed by atoms with van der Waals surface area (Å²) < 4.78 is 0. The number of hydrogen-bond acceptors (Lipinski definition) is 5. The first kappa shape index (κ1) is 19.3. The number of phenolic OH excluding ortho intramolecular Hbond substituents is 1. The van der Waals surface area contributed by atoms with E-state index in [9.17, 15) is 20.0 Å². The van der Waals surface area contributed by atoms with Gasteiger partial charge in [-0.1, -0.05) is 43.7 Å². The highest BCUT2D eigenvalue weighted by molar-refractivity contribution is 5.94. The molecule has 0 aliphatic carbocycles. The van der Waals surface area contributed by atoms with Crippen LogP contribution in [0.4, 0.5) is 5.69 Å². The molecule has 2 aromatic carbocycles. The van der Waals surface area contributed by atoms with Crippen LogP contribution in [0.3, 0.4) is 0 Å². The first-order chi connectivity index (χ1) is 13.5. The first-order valence-electron chi connectivity index (χ1n) is 9.12. The molecular formula is C21H21N3O4. The van der Waals surface area contributed by atoms with Crippen LogP contribution in [0.15, 0.2) is 54.7 Å². The van der Waals surface area contributed by atoms with Crippen LogP contribution in [-0.4, -0.2) is 20.9 Å². The van der Waals surface area contributed by atoms with E-state index >= 15 is 0 Å². The van der Waals surface area contributed by atoms with Crippen molar-refractivity contribution in [1.29, 1.82) is 0 Å². The number of rotatable bonds is 7. The molecule has 7 nitrogen and oxygen atoms in total. The number of unbranched alkanes of at least 4 members (excludes halogenated alkanes) is 1. The van der Waals surface area contributed by atoms with Crippen molar-refractivity contribution < 1.29 is 14.8 Å². The molecule has 1 amide bonds. The van der Waals surface area contributed by atoms with Crippen molar-refractivity contribution in [1.82, 2.24) is 10.3 Å². The molecule has 0 radical (unpaired) electrons. The lowest BCUT2D eigenvalue weighted by Crippen LogP contribution is -2.29. The lowest BCUT2D eigenvalue weighted by Gasteiger charge is -2.21. The van der Waals surface area contributed by atoms with Crippen molar-refractivity contribution in [3.63, 3.8) is 0 Å². The van der Waals surface area contributed by atoms with Gasteiger partial charge in [-0.3, -0.25) is 19.9 Å². The summed E-state index contributed by atoms with van der Waals surface area (Å²) in [5.74, 6) is -0.357. The molecule has 28 heavy (non-hydrogen) atoms. The van der Waals surface area contributed by atoms with Crippen molar-refractivity contribution in [2.45, 2.75) is 32.2 Å². The Morgan fingerprint density at radius 2 is 2.00 bits per heavy atom. The summed E-state index contributed by atoms with van der Waals surface area (Å²) in [5.41, 5.74) is 0.927. The highest BCUT2D eigenvalue weighted by atomic mass is 16.6. The zero-order chi connectivity index (χ0) is 20.1. The second kappa shape index (κ2) is 8.47. The highest BCUT2D eigenvalue weighted by Gasteiger charge is 2.26. The minimum Gasteiger partial charge on any atom is -0.505 e. The Hall–Kier alpha value is -3.48. The predicted molar refractivity (Wildman–Crippen MR) is 106 cm³/mol. The number of nitro groups is 1. The molecule has 3 rings (SSSR count). The normalized spacial score (nSPS) is 11.9. The van der Waals surface area contributed by atoms with Crippen molar-refractivity contribution in [2.75, 3.05) is 0 Å². The summed E-state index contributed by atoms with van der Waals surface area (Å²) in [4.78, 5) is 27.6. The van der Waals surface area contributed by atoms with Crippen LogP contribution in [0.5, 0.6) is 5.75 Å². The van der Waals surface area contributed by atoms with E-state index in [4.69, 9.17) is 0 Å². The molecule has 0 saturated carbocycles. The van der Waals surface area contributed by atoms with Gasteiger partial charge in [-0.2, -0.15) is 0 Å². The molecule has 0 aliphatic rings. The second-order valence-electron chi connectivity index (χ2n) is 6.50. The van der Waals surface area contributed by atoms with Gasteiger partial charge in [-0.25, -0.2) is 0 Å². The number of non-ortho nitro benzene ring substituents is 1. The van der Waals surface area contributed by atoms with E-state index < -0.39 is 11.0 Å². The average Bonchev–Trinajstić information content (AvgIpc) is 2.71. The van der Waals surface area contributed by atoms with Gasteiger partial charge in [0.2, 0.25) is 5.91 Å². The van der Waals surface area contributed by atoms with Crippen LogP contribution >= 0.6 is 0 Å². The summed E-state index contributed by atoms with van der Waals surface area (Å²) in [5, 5.41) is 25.6. The Morgan fingerprint density at radius 3 is 2.68 bits per heavy atom. The Bertz CT molecular complexity index is 1010. The average molecular weight is 379 g/mol. The molecule has 0 bridgehead atoms. The molecule has 1 heterocycles. The molecule has 1 aromatic heterocycles. The molecule has 7 heteroatoms. The van der Waals surface area contributed by atoms with Gasteiger partial charge in [0.15, 0.2) is 0 Å². The minimum atomic E-state index is -0.726. The number of aromatic nitrogens is 1. The largest absolute Gasteiger partial charge is 0.505 e. The van der Waals surface area contributed by atoms with Gasteiger partial charge in [0.25, 0.3) is 5.69 Å². The van der Waals surface area contributed by atoms with Crippen molar-refractivity contribution in [2.24, 2.45) is 0 Å². The van der Waals surface area contributed by atoms with Gasteiger partial charge in [0.1, 0.15) is 11.3 Å². The fourth-order valence-electron chi connectivity index (χ4n) is 3.16. The number of fused-ring (bicyclic) bond motifs is 1. The highest BCUT2D eigenvalue weighted by Crippen LogP contribution is 2.39. The third-order valence-electron chi connectivity index (χ3n) is 4.58. The fourth-order valence-corrected chi connectivity index (χ4v) is 3.16. The van der Waals surface area contributed by atoms with E-state index in [1.165, 1.54) is 12.3 Å². The van der Waals surface area contributed by atoms with Crippen molar-refractivity contribution in [3.05, 3.63) is 76.0 Å². The topological polar surface area (TPSA) is 105 Å². The van der Waals surface area contributed by atoms with E-state index in [1.807, 2.05) is 25.1 Å². The van der Waals surface area contributed by atoms with Crippen LogP contribution in [0.2, 0.25) is 0 Å². The third-order valence-corrected chi connectivity index (χ3v) is 4.58. The molecule has 144 valence electrons. The number of hydrogen-bond donors (Lipinski definition) is 2. The first-order valence-corrected chi connectivity index (χ1v) is 9.12. The number of carbonyl (C=O) groups excluding carboxylic acids is 1. The smallest absolute Gasteiger partial charge is 0.279 e. The number of carbonyl (C=O) groups is 1. The SMILES string of the molecule is CCCCC(=O)N[C@H](c1ccccc1)c1cc([N+](=O)[O-])c2cccnc2c1O. The van der Waals surface area contributed by atoms with Gasteiger partial charge in [-0.15, -0.1) is 0 Å². The van der Waals surface area contributed by atoms with E-state index in [0.717, 1.165) is 12.8 Å². The summed E-state index contributed by atoms with van der Waals surface area (Å²) in [6.07, 6.45) is 3.42. The van der Waals surface area contributed by atoms with E-state index in [0.29, 0.717) is 12.0 Å². The maximum Gasteiger partial charge on any atom is 0.279 e. The summed E-state index contributed by atoms with van der Waals surface area (Å²) >= 11 is 0. The van der Waals surface area contributed by atoms with Gasteiger partial charge >= 0.3 is 0 Å². The number of aromatic hydroxyl groups is 1. The second-order valence-corrected chi connectivity index (χ2v) is 6.50. The van der Waals surface area contributed by atoms with Crippen LogP contribution in [0.1, 0.15) is 43.4 Å². The van der Waals surface area contributed by atoms with Gasteiger partial charge in [0, 0.05) is 24.2 Å². The molecule has 3 aromatic rings. The number of benzene rings is 2. The predicted octanol–water partition coefficient (Wildman–Crippen LogP) is 4.24. The lowest BCUT2D eigenvalue weighted by atomic mass is 9.95. The Labute approximate surface area is 162 Å².